The van der Waals surface area contributed by atoms with E-state index in [1.165, 1.54) is 0 Å². The molecule has 2 aliphatic rings. The highest BCUT2D eigenvalue weighted by molar-refractivity contribution is 6.35. The molecular formula is C20H13Cl2NO2. The summed E-state index contributed by atoms with van der Waals surface area (Å²) in [6, 6.07) is 10.4. The van der Waals surface area contributed by atoms with Gasteiger partial charge in [-0.3, -0.25) is 9.59 Å². The molecule has 0 bridgehead atoms. The monoisotopic (exact) mass is 369 g/mol. The lowest BCUT2D eigenvalue weighted by Crippen LogP contribution is -2.25. The SMILES string of the molecule is O=C1/C(=C2\CNc3c(Cl)cccc3C2=O)C=CCc2c(Cl)cccc21. The van der Waals surface area contributed by atoms with Gasteiger partial charge in [-0.25, -0.2) is 0 Å². The molecule has 0 saturated heterocycles. The Kier molecular flexibility index (Phi) is 3.98. The van der Waals surface area contributed by atoms with E-state index in [9.17, 15) is 9.59 Å². The average molecular weight is 370 g/mol. The van der Waals surface area contributed by atoms with Crippen LogP contribution in [-0.4, -0.2) is 18.1 Å². The summed E-state index contributed by atoms with van der Waals surface area (Å²) in [5, 5.41) is 4.22. The Balaban J connectivity index is 1.86. The van der Waals surface area contributed by atoms with Crippen LogP contribution in [0.1, 0.15) is 26.3 Å². The number of carbonyl (C=O) groups excluding carboxylic acids is 2. The number of ketones is 2. The summed E-state index contributed by atoms with van der Waals surface area (Å²) in [5.74, 6) is -0.350. The molecule has 0 aromatic heterocycles. The van der Waals surface area contributed by atoms with Crippen LogP contribution in [0.4, 0.5) is 5.69 Å². The van der Waals surface area contributed by atoms with Crippen molar-refractivity contribution in [2.24, 2.45) is 0 Å². The molecule has 1 aliphatic carbocycles. The normalized spacial score (nSPS) is 19.1. The second kappa shape index (κ2) is 6.17. The van der Waals surface area contributed by atoms with Gasteiger partial charge in [0.2, 0.25) is 0 Å². The number of hydrogen-bond acceptors (Lipinski definition) is 3. The lowest BCUT2D eigenvalue weighted by atomic mass is 9.90. The summed E-state index contributed by atoms with van der Waals surface area (Å²) in [5.41, 5.74) is 3.29. The number of allylic oxidation sites excluding steroid dienone is 3. The van der Waals surface area contributed by atoms with E-state index in [1.807, 2.05) is 6.08 Å². The number of carbonyl (C=O) groups is 2. The van der Waals surface area contributed by atoms with Gasteiger partial charge in [0.15, 0.2) is 11.6 Å². The second-order valence-electron chi connectivity index (χ2n) is 5.94. The van der Waals surface area contributed by atoms with E-state index < -0.39 is 0 Å². The van der Waals surface area contributed by atoms with Crippen LogP contribution >= 0.6 is 23.2 Å². The number of halogens is 2. The van der Waals surface area contributed by atoms with Crippen LogP contribution in [0.15, 0.2) is 59.7 Å². The summed E-state index contributed by atoms with van der Waals surface area (Å²) in [4.78, 5) is 26.0. The molecule has 25 heavy (non-hydrogen) atoms. The van der Waals surface area contributed by atoms with Crippen molar-refractivity contribution in [3.8, 4) is 0 Å². The van der Waals surface area contributed by atoms with Crippen molar-refractivity contribution in [3.63, 3.8) is 0 Å². The van der Waals surface area contributed by atoms with Crippen LogP contribution in [0.2, 0.25) is 10.0 Å². The zero-order chi connectivity index (χ0) is 17.6. The zero-order valence-electron chi connectivity index (χ0n) is 13.1. The third-order valence-electron chi connectivity index (χ3n) is 4.51. The van der Waals surface area contributed by atoms with Crippen LogP contribution < -0.4 is 5.32 Å². The van der Waals surface area contributed by atoms with Gasteiger partial charge in [0.05, 0.1) is 10.7 Å². The predicted molar refractivity (Wildman–Crippen MR) is 99.9 cm³/mol. The molecule has 1 N–H and O–H groups in total. The highest BCUT2D eigenvalue weighted by Gasteiger charge is 2.29. The summed E-state index contributed by atoms with van der Waals surface area (Å²) in [6.07, 6.45) is 4.16. The van der Waals surface area contributed by atoms with Crippen molar-refractivity contribution in [2.45, 2.75) is 6.42 Å². The fraction of sp³-hybridized carbons (Fsp3) is 0.100. The Morgan fingerprint density at radius 3 is 2.40 bits per heavy atom. The van der Waals surface area contributed by atoms with Crippen molar-refractivity contribution >= 4 is 40.5 Å². The molecule has 0 saturated carbocycles. The quantitative estimate of drug-likeness (QED) is 0.672. The Labute approximate surface area is 154 Å². The van der Waals surface area contributed by atoms with Gasteiger partial charge in [-0.05, 0) is 30.2 Å². The van der Waals surface area contributed by atoms with Crippen LogP contribution in [0.5, 0.6) is 0 Å². The van der Waals surface area contributed by atoms with Crippen molar-refractivity contribution in [1.29, 1.82) is 0 Å². The molecular weight excluding hydrogens is 357 g/mol. The summed E-state index contributed by atoms with van der Waals surface area (Å²) in [6.45, 7) is 0.261. The molecule has 2 aromatic carbocycles. The predicted octanol–water partition coefficient (Wildman–Crippen LogP) is 4.89. The van der Waals surface area contributed by atoms with Gasteiger partial charge in [0, 0.05) is 33.8 Å². The minimum Gasteiger partial charge on any atom is -0.379 e. The Bertz CT molecular complexity index is 989. The first kappa shape index (κ1) is 16.1. The molecule has 0 atom stereocenters. The van der Waals surface area contributed by atoms with Crippen LogP contribution in [0.3, 0.4) is 0 Å². The Morgan fingerprint density at radius 1 is 0.880 bits per heavy atom. The number of fused-ring (bicyclic) bond motifs is 2. The Hall–Kier alpha value is -2.36. The maximum Gasteiger partial charge on any atom is 0.193 e. The van der Waals surface area contributed by atoms with Crippen molar-refractivity contribution < 1.29 is 9.59 Å². The molecule has 2 aromatic rings. The maximum atomic E-state index is 13.0. The van der Waals surface area contributed by atoms with Gasteiger partial charge >= 0.3 is 0 Å². The second-order valence-corrected chi connectivity index (χ2v) is 6.75. The van der Waals surface area contributed by atoms with Gasteiger partial charge < -0.3 is 5.32 Å². The van der Waals surface area contributed by atoms with E-state index in [1.54, 1.807) is 42.5 Å². The van der Waals surface area contributed by atoms with E-state index in [0.29, 0.717) is 44.4 Å². The topological polar surface area (TPSA) is 46.2 Å². The number of benzene rings is 2. The van der Waals surface area contributed by atoms with Gasteiger partial charge in [-0.15, -0.1) is 0 Å². The van der Waals surface area contributed by atoms with Crippen molar-refractivity contribution in [2.75, 3.05) is 11.9 Å². The largest absolute Gasteiger partial charge is 0.379 e. The van der Waals surface area contributed by atoms with Gasteiger partial charge in [0.1, 0.15) is 0 Å². The number of Topliss-reactive ketones (excluding diaryl/α,β-unsaturated/α-hetero) is 2. The summed E-state index contributed by atoms with van der Waals surface area (Å²) < 4.78 is 0. The number of hydrogen-bond donors (Lipinski definition) is 1. The van der Waals surface area contributed by atoms with E-state index in [-0.39, 0.29) is 18.1 Å². The van der Waals surface area contributed by atoms with Crippen LogP contribution in [0.25, 0.3) is 0 Å². The van der Waals surface area contributed by atoms with Crippen molar-refractivity contribution in [3.05, 3.63) is 86.4 Å². The van der Waals surface area contributed by atoms with Crippen molar-refractivity contribution in [1.82, 2.24) is 0 Å². The minimum absolute atomic E-state index is 0.172. The number of anilines is 1. The zero-order valence-corrected chi connectivity index (χ0v) is 14.6. The molecule has 5 heteroatoms. The molecule has 0 radical (unpaired) electrons. The number of rotatable bonds is 0. The molecule has 1 aliphatic heterocycles. The molecule has 124 valence electrons. The molecule has 0 spiro atoms. The average Bonchev–Trinajstić information content (AvgIpc) is 2.77. The third-order valence-corrected chi connectivity index (χ3v) is 5.18. The number of para-hydroxylation sites is 1. The lowest BCUT2D eigenvalue weighted by Gasteiger charge is -2.22. The van der Waals surface area contributed by atoms with Crippen LogP contribution in [0, 0.1) is 0 Å². The Morgan fingerprint density at radius 2 is 1.60 bits per heavy atom. The lowest BCUT2D eigenvalue weighted by molar-refractivity contribution is 0.1000. The molecule has 1 heterocycles. The molecule has 0 unspecified atom stereocenters. The first-order valence-corrected chi connectivity index (χ1v) is 8.62. The van der Waals surface area contributed by atoms with Gasteiger partial charge in [0.25, 0.3) is 0 Å². The molecule has 3 nitrogen and oxygen atoms in total. The fourth-order valence-corrected chi connectivity index (χ4v) is 3.76. The standard InChI is InChI=1S/C20H13Cl2NO2/c21-16-8-2-6-12-11(16)4-1-5-13(19(12)24)15-10-23-18-14(20(15)25)7-3-9-17(18)22/h1-3,5-9,23H,4,10H2/b15-13+. The minimum atomic E-state index is -0.179. The van der Waals surface area contributed by atoms with E-state index in [2.05, 4.69) is 5.32 Å². The van der Waals surface area contributed by atoms with E-state index >= 15 is 0 Å². The molecule has 0 amide bonds. The first-order chi connectivity index (χ1) is 12.1. The van der Waals surface area contributed by atoms with Gasteiger partial charge in [-0.1, -0.05) is 53.6 Å². The summed E-state index contributed by atoms with van der Waals surface area (Å²) in [7, 11) is 0. The first-order valence-electron chi connectivity index (χ1n) is 7.87. The highest BCUT2D eigenvalue weighted by atomic mass is 35.5. The van der Waals surface area contributed by atoms with E-state index in [4.69, 9.17) is 23.2 Å². The van der Waals surface area contributed by atoms with Crippen LogP contribution in [-0.2, 0) is 6.42 Å². The highest BCUT2D eigenvalue weighted by Crippen LogP contribution is 2.34. The molecule has 4 rings (SSSR count). The van der Waals surface area contributed by atoms with Gasteiger partial charge in [-0.2, -0.15) is 0 Å². The summed E-state index contributed by atoms with van der Waals surface area (Å²) >= 11 is 12.4. The number of nitrogens with one attached hydrogen (secondary N) is 1. The fourth-order valence-electron chi connectivity index (χ4n) is 3.26. The molecule has 0 fully saturated rings. The smallest absolute Gasteiger partial charge is 0.193 e. The maximum absolute atomic E-state index is 13.0. The van der Waals surface area contributed by atoms with E-state index in [0.717, 1.165) is 5.56 Å². The third kappa shape index (κ3) is 2.60.